The third-order valence-corrected chi connectivity index (χ3v) is 3.22. The smallest absolute Gasteiger partial charge is 0.373 e. The first-order valence-corrected chi connectivity index (χ1v) is 7.45. The maximum atomic E-state index is 11.4. The van der Waals surface area contributed by atoms with Gasteiger partial charge in [0.05, 0.1) is 4.92 Å². The molecule has 7 nitrogen and oxygen atoms in total. The van der Waals surface area contributed by atoms with Gasteiger partial charge < -0.3 is 10.1 Å². The molecule has 0 saturated carbocycles. The number of nitrogens with one attached hydrogen (secondary N) is 1. The quantitative estimate of drug-likeness (QED) is 0.614. The van der Waals surface area contributed by atoms with Crippen LogP contribution in [0.1, 0.15) is 25.8 Å². The lowest BCUT2D eigenvalue weighted by Gasteiger charge is -2.10. The Morgan fingerprint density at radius 1 is 1.26 bits per heavy atom. The molecule has 0 fully saturated rings. The van der Waals surface area contributed by atoms with Gasteiger partial charge in [-0.3, -0.25) is 10.1 Å². The van der Waals surface area contributed by atoms with Gasteiger partial charge in [0, 0.05) is 6.54 Å². The average molecular weight is 316 g/mol. The fourth-order valence-electron chi connectivity index (χ4n) is 1.93. The van der Waals surface area contributed by atoms with Crippen LogP contribution in [0.4, 0.5) is 11.5 Å². The van der Waals surface area contributed by atoms with Crippen LogP contribution in [0.15, 0.2) is 30.6 Å². The van der Waals surface area contributed by atoms with Crippen molar-refractivity contribution in [1.82, 2.24) is 9.97 Å². The molecule has 1 N–H and O–H groups in total. The molecule has 2 aromatic rings. The van der Waals surface area contributed by atoms with E-state index in [4.69, 9.17) is 4.74 Å². The molecular formula is C16H20N4O3. The number of aromatic nitrogens is 2. The largest absolute Gasteiger partial charge is 0.434 e. The van der Waals surface area contributed by atoms with Gasteiger partial charge in [-0.25, -0.2) is 4.98 Å². The highest BCUT2D eigenvalue weighted by atomic mass is 16.6. The molecule has 23 heavy (non-hydrogen) atoms. The summed E-state index contributed by atoms with van der Waals surface area (Å²) in [5, 5.41) is 14.4. The van der Waals surface area contributed by atoms with Crippen LogP contribution in [0.5, 0.6) is 11.6 Å². The average Bonchev–Trinajstić information content (AvgIpc) is 2.49. The van der Waals surface area contributed by atoms with Gasteiger partial charge in [-0.2, -0.15) is 4.98 Å². The Hall–Kier alpha value is -2.70. The minimum Gasteiger partial charge on any atom is -0.434 e. The molecule has 1 aromatic carbocycles. The maximum absolute atomic E-state index is 11.4. The predicted octanol–water partition coefficient (Wildman–Crippen LogP) is 3.94. The third kappa shape index (κ3) is 4.64. The van der Waals surface area contributed by atoms with E-state index in [1.165, 1.54) is 6.33 Å². The van der Waals surface area contributed by atoms with Crippen molar-refractivity contribution >= 4 is 11.5 Å². The van der Waals surface area contributed by atoms with Gasteiger partial charge in [-0.1, -0.05) is 31.5 Å². The topological polar surface area (TPSA) is 90.2 Å². The Kier molecular flexibility index (Phi) is 5.46. The summed E-state index contributed by atoms with van der Waals surface area (Å²) in [6, 6.07) is 7.22. The molecule has 0 spiro atoms. The Bertz CT molecular complexity index is 672. The molecule has 7 heteroatoms. The van der Waals surface area contributed by atoms with E-state index in [1.807, 2.05) is 19.1 Å². The van der Waals surface area contributed by atoms with Crippen LogP contribution < -0.4 is 10.1 Å². The second kappa shape index (κ2) is 7.53. The molecule has 2 rings (SSSR count). The summed E-state index contributed by atoms with van der Waals surface area (Å²) in [5.41, 5.74) is 0.822. The summed E-state index contributed by atoms with van der Waals surface area (Å²) in [5.74, 6) is 1.09. The van der Waals surface area contributed by atoms with Crippen molar-refractivity contribution < 1.29 is 9.66 Å². The van der Waals surface area contributed by atoms with Crippen LogP contribution in [0.2, 0.25) is 0 Å². The molecule has 0 radical (unpaired) electrons. The van der Waals surface area contributed by atoms with Crippen molar-refractivity contribution in [1.29, 1.82) is 0 Å². The van der Waals surface area contributed by atoms with E-state index in [0.717, 1.165) is 12.0 Å². The molecule has 1 heterocycles. The molecule has 0 aliphatic heterocycles. The molecule has 0 unspecified atom stereocenters. The first-order valence-electron chi connectivity index (χ1n) is 7.45. The van der Waals surface area contributed by atoms with Crippen LogP contribution in [0, 0.1) is 23.0 Å². The van der Waals surface area contributed by atoms with Crippen LogP contribution in [0.25, 0.3) is 0 Å². The minimum atomic E-state index is -0.527. The molecule has 0 aliphatic carbocycles. The van der Waals surface area contributed by atoms with Crippen molar-refractivity contribution in [3.63, 3.8) is 0 Å². The van der Waals surface area contributed by atoms with Crippen molar-refractivity contribution in [3.05, 3.63) is 46.3 Å². The summed E-state index contributed by atoms with van der Waals surface area (Å²) in [4.78, 5) is 18.7. The highest BCUT2D eigenvalue weighted by Crippen LogP contribution is 2.34. The van der Waals surface area contributed by atoms with Crippen molar-refractivity contribution in [2.45, 2.75) is 27.2 Å². The van der Waals surface area contributed by atoms with E-state index in [-0.39, 0.29) is 17.4 Å². The van der Waals surface area contributed by atoms with Crippen LogP contribution >= 0.6 is 0 Å². The van der Waals surface area contributed by atoms with Crippen LogP contribution in [0.3, 0.4) is 0 Å². The lowest BCUT2D eigenvalue weighted by Crippen LogP contribution is -2.09. The lowest BCUT2D eigenvalue weighted by molar-refractivity contribution is -0.385. The number of anilines is 1. The molecule has 0 bridgehead atoms. The number of aryl methyl sites for hydroxylation is 1. The molecule has 122 valence electrons. The van der Waals surface area contributed by atoms with E-state index < -0.39 is 4.92 Å². The van der Waals surface area contributed by atoms with Gasteiger partial charge in [0.2, 0.25) is 5.82 Å². The van der Waals surface area contributed by atoms with Gasteiger partial charge in [0.15, 0.2) is 0 Å². The van der Waals surface area contributed by atoms with E-state index in [2.05, 4.69) is 29.1 Å². The van der Waals surface area contributed by atoms with Gasteiger partial charge in [-0.05, 0) is 31.4 Å². The second-order valence-electron chi connectivity index (χ2n) is 5.66. The number of nitro groups is 1. The highest BCUT2D eigenvalue weighted by Gasteiger charge is 2.24. The van der Waals surface area contributed by atoms with Crippen molar-refractivity contribution in [2.24, 2.45) is 5.92 Å². The monoisotopic (exact) mass is 316 g/mol. The lowest BCUT2D eigenvalue weighted by atomic mass is 10.1. The van der Waals surface area contributed by atoms with Crippen molar-refractivity contribution in [3.8, 4) is 11.6 Å². The van der Waals surface area contributed by atoms with E-state index in [9.17, 15) is 10.1 Å². The summed E-state index contributed by atoms with van der Waals surface area (Å²) in [6.45, 7) is 6.72. The standard InChI is InChI=1S/C16H20N4O3/c1-11(2)8-9-17-15-14(20(21)22)16(19-10-18-15)23-13-6-4-12(3)5-7-13/h4-7,10-11H,8-9H2,1-3H3,(H,17,18,19). The zero-order valence-electron chi connectivity index (χ0n) is 13.4. The number of ether oxygens (including phenoxy) is 1. The molecule has 0 atom stereocenters. The Balaban J connectivity index is 2.24. The number of rotatable bonds is 7. The summed E-state index contributed by atoms with van der Waals surface area (Å²) < 4.78 is 5.56. The number of hydrogen-bond acceptors (Lipinski definition) is 6. The number of nitrogens with zero attached hydrogens (tertiary/aromatic N) is 3. The zero-order valence-corrected chi connectivity index (χ0v) is 13.4. The fraction of sp³-hybridized carbons (Fsp3) is 0.375. The molecule has 0 amide bonds. The van der Waals surface area contributed by atoms with E-state index >= 15 is 0 Å². The summed E-state index contributed by atoms with van der Waals surface area (Å²) in [7, 11) is 0. The van der Waals surface area contributed by atoms with Crippen molar-refractivity contribution in [2.75, 3.05) is 11.9 Å². The van der Waals surface area contributed by atoms with Crippen LogP contribution in [-0.4, -0.2) is 21.4 Å². The number of benzene rings is 1. The second-order valence-corrected chi connectivity index (χ2v) is 5.66. The van der Waals surface area contributed by atoms with E-state index in [0.29, 0.717) is 18.2 Å². The molecular weight excluding hydrogens is 296 g/mol. The minimum absolute atomic E-state index is 0.0686. The van der Waals surface area contributed by atoms with Gasteiger partial charge in [0.1, 0.15) is 12.1 Å². The maximum Gasteiger partial charge on any atom is 0.373 e. The van der Waals surface area contributed by atoms with Gasteiger partial charge in [0.25, 0.3) is 0 Å². The van der Waals surface area contributed by atoms with E-state index in [1.54, 1.807) is 12.1 Å². The SMILES string of the molecule is Cc1ccc(Oc2ncnc(NCCC(C)C)c2[N+](=O)[O-])cc1. The Morgan fingerprint density at radius 3 is 2.57 bits per heavy atom. The first-order chi connectivity index (χ1) is 11.0. The van der Waals surface area contributed by atoms with Crippen LogP contribution in [-0.2, 0) is 0 Å². The third-order valence-electron chi connectivity index (χ3n) is 3.22. The Morgan fingerprint density at radius 2 is 1.96 bits per heavy atom. The normalized spacial score (nSPS) is 10.6. The highest BCUT2D eigenvalue weighted by molar-refractivity contribution is 5.61. The molecule has 1 aromatic heterocycles. The predicted molar refractivity (Wildman–Crippen MR) is 87.9 cm³/mol. The summed E-state index contributed by atoms with van der Waals surface area (Å²) >= 11 is 0. The zero-order chi connectivity index (χ0) is 16.8. The number of hydrogen-bond donors (Lipinski definition) is 1. The summed E-state index contributed by atoms with van der Waals surface area (Å²) in [6.07, 6.45) is 2.14. The molecule has 0 aliphatic rings. The van der Waals surface area contributed by atoms with Gasteiger partial charge in [-0.15, -0.1) is 0 Å². The first kappa shape index (κ1) is 16.7. The fourth-order valence-corrected chi connectivity index (χ4v) is 1.93. The molecule has 0 saturated heterocycles. The van der Waals surface area contributed by atoms with Gasteiger partial charge >= 0.3 is 11.6 Å². The Labute approximate surface area is 134 Å².